The van der Waals surface area contributed by atoms with Gasteiger partial charge in [-0.1, -0.05) is 25.5 Å². The fourth-order valence-electron chi connectivity index (χ4n) is 3.26. The number of nitrogen functional groups attached to an aromatic ring is 1. The molecule has 11 heteroatoms. The quantitative estimate of drug-likeness (QED) is 0.589. The number of H-pyrrole nitrogens is 1. The van der Waals surface area contributed by atoms with Gasteiger partial charge in [0.15, 0.2) is 11.4 Å². The highest BCUT2D eigenvalue weighted by Gasteiger charge is 2.26. The molecule has 10 nitrogen and oxygen atoms in total. The molecule has 32 heavy (non-hydrogen) atoms. The van der Waals surface area contributed by atoms with Crippen molar-refractivity contribution in [3.63, 3.8) is 0 Å². The molecule has 3 N–H and O–H groups in total. The minimum atomic E-state index is -0.932. The van der Waals surface area contributed by atoms with Crippen LogP contribution in [0.4, 0.5) is 15.9 Å². The zero-order valence-corrected chi connectivity index (χ0v) is 17.9. The van der Waals surface area contributed by atoms with Crippen molar-refractivity contribution in [2.45, 2.75) is 33.2 Å². The molecule has 0 fully saturated rings. The van der Waals surface area contributed by atoms with Crippen molar-refractivity contribution in [2.75, 3.05) is 17.7 Å². The highest BCUT2D eigenvalue weighted by atomic mass is 19.1. The summed E-state index contributed by atoms with van der Waals surface area (Å²) in [7, 11) is 1.24. The van der Waals surface area contributed by atoms with E-state index in [0.717, 1.165) is 26.6 Å². The van der Waals surface area contributed by atoms with Crippen LogP contribution in [0, 0.1) is 12.7 Å². The number of aryl methyl sites for hydroxylation is 1. The number of carbonyl (C=O) groups is 1. The van der Waals surface area contributed by atoms with Gasteiger partial charge in [0.1, 0.15) is 17.3 Å². The van der Waals surface area contributed by atoms with E-state index in [4.69, 9.17) is 5.73 Å². The first kappa shape index (κ1) is 22.7. The van der Waals surface area contributed by atoms with Crippen LogP contribution in [0.5, 0.6) is 0 Å². The third-order valence-electron chi connectivity index (χ3n) is 4.98. The second kappa shape index (κ2) is 9.00. The van der Waals surface area contributed by atoms with Gasteiger partial charge in [-0.15, -0.1) is 0 Å². The largest absolute Gasteiger partial charge is 0.383 e. The van der Waals surface area contributed by atoms with Crippen molar-refractivity contribution >= 4 is 17.4 Å². The normalized spacial score (nSPS) is 10.9. The van der Waals surface area contributed by atoms with E-state index in [0.29, 0.717) is 12.1 Å². The summed E-state index contributed by atoms with van der Waals surface area (Å²) in [5, 5.41) is 4.05. The molecule has 1 aromatic carbocycles. The number of aromatic amines is 1. The van der Waals surface area contributed by atoms with Crippen LogP contribution in [0.2, 0.25) is 0 Å². The third kappa shape index (κ3) is 4.09. The zero-order chi connectivity index (χ0) is 23.6. The van der Waals surface area contributed by atoms with E-state index in [-0.39, 0.29) is 23.7 Å². The van der Waals surface area contributed by atoms with Crippen molar-refractivity contribution in [3.05, 3.63) is 78.6 Å². The van der Waals surface area contributed by atoms with Crippen LogP contribution in [0.15, 0.2) is 44.7 Å². The van der Waals surface area contributed by atoms with Crippen LogP contribution >= 0.6 is 0 Å². The van der Waals surface area contributed by atoms with E-state index in [1.165, 1.54) is 25.2 Å². The number of anilines is 2. The summed E-state index contributed by atoms with van der Waals surface area (Å²) in [4.78, 5) is 53.2. The summed E-state index contributed by atoms with van der Waals surface area (Å²) in [5.41, 5.74) is 3.30. The number of benzene rings is 1. The van der Waals surface area contributed by atoms with Gasteiger partial charge in [-0.25, -0.2) is 13.9 Å². The van der Waals surface area contributed by atoms with Gasteiger partial charge in [0, 0.05) is 25.4 Å². The number of nitrogens with zero attached hydrogens (tertiary/aromatic N) is 4. The second-order valence-corrected chi connectivity index (χ2v) is 7.22. The Labute approximate surface area is 181 Å². The predicted octanol–water partition coefficient (Wildman–Crippen LogP) is 1.19. The van der Waals surface area contributed by atoms with Crippen LogP contribution in [0.1, 0.15) is 35.9 Å². The minimum absolute atomic E-state index is 0.0483. The number of nitrogens with one attached hydrogen (secondary N) is 1. The van der Waals surface area contributed by atoms with E-state index in [2.05, 4.69) is 10.1 Å². The molecule has 0 radical (unpaired) electrons. The van der Waals surface area contributed by atoms with E-state index in [9.17, 15) is 23.6 Å². The number of halogens is 1. The SMILES string of the molecule is CCCCn1c(N)c(N(C)C(=O)c2nn(-c3ccccc3F)c(C)cc2=O)c(=O)[nH]c1=O. The van der Waals surface area contributed by atoms with Gasteiger partial charge < -0.3 is 10.6 Å². The molecule has 0 atom stereocenters. The van der Waals surface area contributed by atoms with Crippen LogP contribution in [-0.2, 0) is 6.54 Å². The van der Waals surface area contributed by atoms with Crippen LogP contribution in [-0.4, -0.2) is 32.3 Å². The predicted molar refractivity (Wildman–Crippen MR) is 118 cm³/mol. The Morgan fingerprint density at radius 3 is 2.59 bits per heavy atom. The van der Waals surface area contributed by atoms with Crippen molar-refractivity contribution in [1.29, 1.82) is 0 Å². The van der Waals surface area contributed by atoms with Gasteiger partial charge >= 0.3 is 5.69 Å². The highest BCUT2D eigenvalue weighted by Crippen LogP contribution is 2.18. The van der Waals surface area contributed by atoms with Gasteiger partial charge in [0.05, 0.1) is 0 Å². The minimum Gasteiger partial charge on any atom is -0.383 e. The molecule has 2 aromatic heterocycles. The Bertz CT molecular complexity index is 1360. The highest BCUT2D eigenvalue weighted by molar-refractivity contribution is 6.05. The molecule has 3 aromatic rings. The van der Waals surface area contributed by atoms with Crippen molar-refractivity contribution < 1.29 is 9.18 Å². The molecule has 0 bridgehead atoms. The van der Waals surface area contributed by atoms with Gasteiger partial charge in [-0.3, -0.25) is 23.9 Å². The molecule has 168 valence electrons. The Kier molecular flexibility index (Phi) is 6.37. The number of unbranched alkanes of at least 4 members (excludes halogenated alkanes) is 1. The number of nitrogens with two attached hydrogens (primary N) is 1. The number of amides is 1. The van der Waals surface area contributed by atoms with E-state index in [1.807, 2.05) is 6.92 Å². The number of hydrogen-bond acceptors (Lipinski definition) is 6. The molecule has 0 spiro atoms. The maximum atomic E-state index is 14.3. The smallest absolute Gasteiger partial charge is 0.330 e. The zero-order valence-electron chi connectivity index (χ0n) is 17.9. The molecule has 0 aliphatic carbocycles. The first-order valence-corrected chi connectivity index (χ1v) is 9.93. The average Bonchev–Trinajstić information content (AvgIpc) is 2.73. The molecular weight excluding hydrogens is 419 g/mol. The van der Waals surface area contributed by atoms with Crippen LogP contribution in [0.3, 0.4) is 0 Å². The molecule has 0 saturated heterocycles. The lowest BCUT2D eigenvalue weighted by molar-refractivity contribution is 0.0985. The maximum absolute atomic E-state index is 14.3. The number of carbonyl (C=O) groups excluding carboxylic acids is 1. The fourth-order valence-corrected chi connectivity index (χ4v) is 3.26. The summed E-state index contributed by atoms with van der Waals surface area (Å²) in [5.74, 6) is -1.73. The summed E-state index contributed by atoms with van der Waals surface area (Å²) in [6, 6.07) is 6.91. The topological polar surface area (TPSA) is 136 Å². The maximum Gasteiger partial charge on any atom is 0.330 e. The molecular formula is C21H23FN6O4. The first-order chi connectivity index (χ1) is 15.2. The lowest BCUT2D eigenvalue weighted by Crippen LogP contribution is -2.41. The average molecular weight is 442 g/mol. The van der Waals surface area contributed by atoms with E-state index < -0.39 is 34.1 Å². The lowest BCUT2D eigenvalue weighted by Gasteiger charge is -2.20. The standard InChI is InChI=1S/C21H23FN6O4/c1-4-5-10-27-18(23)17(19(30)24-21(27)32)26(3)20(31)16-15(29)11-12(2)28(25-16)14-9-7-6-8-13(14)22/h6-9,11H,4-5,10,23H2,1-3H3,(H,24,30,32). The summed E-state index contributed by atoms with van der Waals surface area (Å²) < 4.78 is 16.6. The van der Waals surface area contributed by atoms with Gasteiger partial charge in [-0.2, -0.15) is 5.10 Å². The molecule has 1 amide bonds. The fraction of sp³-hybridized carbons (Fsp3) is 0.286. The molecule has 2 heterocycles. The Morgan fingerprint density at radius 2 is 1.94 bits per heavy atom. The van der Waals surface area contributed by atoms with Gasteiger partial charge in [-0.05, 0) is 25.5 Å². The molecule has 3 rings (SSSR count). The second-order valence-electron chi connectivity index (χ2n) is 7.22. The lowest BCUT2D eigenvalue weighted by atomic mass is 10.2. The van der Waals surface area contributed by atoms with Crippen LogP contribution < -0.4 is 27.3 Å². The molecule has 0 unspecified atom stereocenters. The number of aromatic nitrogens is 4. The third-order valence-corrected chi connectivity index (χ3v) is 4.98. The molecule has 0 saturated carbocycles. The molecule has 0 aliphatic rings. The Morgan fingerprint density at radius 1 is 1.25 bits per heavy atom. The van der Waals surface area contributed by atoms with Crippen molar-refractivity contribution in [2.24, 2.45) is 0 Å². The Balaban J connectivity index is 2.12. The van der Waals surface area contributed by atoms with Gasteiger partial charge in [0.2, 0.25) is 5.43 Å². The molecule has 0 aliphatic heterocycles. The van der Waals surface area contributed by atoms with Crippen molar-refractivity contribution in [3.8, 4) is 5.69 Å². The van der Waals surface area contributed by atoms with E-state index >= 15 is 0 Å². The summed E-state index contributed by atoms with van der Waals surface area (Å²) in [6.07, 6.45) is 1.40. The number of rotatable bonds is 6. The Hall–Kier alpha value is -4.02. The summed E-state index contributed by atoms with van der Waals surface area (Å²) >= 11 is 0. The first-order valence-electron chi connectivity index (χ1n) is 9.93. The van der Waals surface area contributed by atoms with Crippen LogP contribution in [0.25, 0.3) is 5.69 Å². The summed E-state index contributed by atoms with van der Waals surface area (Å²) in [6.45, 7) is 3.72. The monoisotopic (exact) mass is 442 g/mol. The van der Waals surface area contributed by atoms with E-state index in [1.54, 1.807) is 13.0 Å². The van der Waals surface area contributed by atoms with Crippen molar-refractivity contribution in [1.82, 2.24) is 19.3 Å². The number of para-hydroxylation sites is 1. The van der Waals surface area contributed by atoms with Gasteiger partial charge in [0.25, 0.3) is 11.5 Å². The number of hydrogen-bond donors (Lipinski definition) is 2.